The molecule has 1 aromatic heterocycles. The lowest BCUT2D eigenvalue weighted by Gasteiger charge is -2.09. The van der Waals surface area contributed by atoms with Crippen molar-refractivity contribution >= 4 is 28.5 Å². The number of aromatic carboxylic acids is 1. The van der Waals surface area contributed by atoms with Gasteiger partial charge in [0.25, 0.3) is 5.56 Å². The molecule has 4 N–H and O–H groups in total. The van der Waals surface area contributed by atoms with Gasteiger partial charge >= 0.3 is 5.97 Å². The molecular formula is C24H18FN3O5. The number of phenols is 1. The minimum atomic E-state index is -1.04. The summed E-state index contributed by atoms with van der Waals surface area (Å²) in [6.45, 7) is 0. The van der Waals surface area contributed by atoms with Crippen LogP contribution in [0, 0.1) is 5.82 Å². The molecule has 0 atom stereocenters. The molecular weight excluding hydrogens is 429 g/mol. The van der Waals surface area contributed by atoms with Crippen LogP contribution in [0.5, 0.6) is 5.75 Å². The number of amides is 1. The molecule has 0 saturated carbocycles. The zero-order valence-corrected chi connectivity index (χ0v) is 17.1. The lowest BCUT2D eigenvalue weighted by atomic mass is 10.1. The molecule has 1 amide bonds. The molecule has 9 heteroatoms. The maximum Gasteiger partial charge on any atom is 0.335 e. The number of phenolic OH excluding ortho intramolecular Hbond substituents is 1. The van der Waals surface area contributed by atoms with Gasteiger partial charge in [0, 0.05) is 12.5 Å². The Bertz CT molecular complexity index is 1410. The van der Waals surface area contributed by atoms with Crippen molar-refractivity contribution in [2.45, 2.75) is 12.8 Å². The zero-order chi connectivity index (χ0) is 23.5. The molecule has 4 aromatic rings. The molecule has 0 aliphatic heterocycles. The Kier molecular flexibility index (Phi) is 5.86. The van der Waals surface area contributed by atoms with Gasteiger partial charge in [-0.3, -0.25) is 9.59 Å². The van der Waals surface area contributed by atoms with Gasteiger partial charge in [0.2, 0.25) is 5.91 Å². The quantitative estimate of drug-likeness (QED) is 0.359. The van der Waals surface area contributed by atoms with Crippen LogP contribution in [-0.4, -0.2) is 32.1 Å². The number of carboxylic acids is 1. The highest BCUT2D eigenvalue weighted by atomic mass is 19.1. The number of hydrogen-bond donors (Lipinski definition) is 4. The number of carboxylic acid groups (broad SMARTS) is 1. The van der Waals surface area contributed by atoms with Gasteiger partial charge in [-0.05, 0) is 41.5 Å². The van der Waals surface area contributed by atoms with Crippen molar-refractivity contribution in [1.29, 1.82) is 0 Å². The van der Waals surface area contributed by atoms with E-state index in [0.717, 1.165) is 11.6 Å². The van der Waals surface area contributed by atoms with Crippen LogP contribution in [0.25, 0.3) is 10.9 Å². The lowest BCUT2D eigenvalue weighted by Crippen LogP contribution is -2.17. The zero-order valence-electron chi connectivity index (χ0n) is 17.1. The van der Waals surface area contributed by atoms with Crippen LogP contribution >= 0.6 is 0 Å². The summed E-state index contributed by atoms with van der Waals surface area (Å²) in [5, 5.41) is 20.9. The first-order valence-corrected chi connectivity index (χ1v) is 9.91. The highest BCUT2D eigenvalue weighted by Gasteiger charge is 2.13. The fraction of sp³-hybridized carbons (Fsp3) is 0.0833. The van der Waals surface area contributed by atoms with E-state index in [-0.39, 0.29) is 40.7 Å². The Balaban J connectivity index is 1.55. The Morgan fingerprint density at radius 1 is 1.00 bits per heavy atom. The summed E-state index contributed by atoms with van der Waals surface area (Å²) in [4.78, 5) is 42.8. The van der Waals surface area contributed by atoms with E-state index in [4.69, 9.17) is 5.11 Å². The van der Waals surface area contributed by atoms with Crippen LogP contribution in [0.15, 0.2) is 65.5 Å². The standard InChI is InChI=1S/C24H18FN3O5/c25-18-12-19-17(11-20(18)27-22(30)10-14-3-7-16(29)8-4-14)23(31)28-21(26-19)9-13-1-5-15(6-2-13)24(32)33/h1-8,11-12,29H,9-10H2,(H,27,30)(H,32,33)(H,26,28,31). The van der Waals surface area contributed by atoms with Crippen LogP contribution in [0.4, 0.5) is 10.1 Å². The SMILES string of the molecule is O=C(Cc1ccc(O)cc1)Nc1cc2c(=O)[nH]c(Cc3ccc(C(=O)O)cc3)nc2cc1F. The molecule has 0 spiro atoms. The first-order chi connectivity index (χ1) is 15.8. The Morgan fingerprint density at radius 3 is 2.33 bits per heavy atom. The summed E-state index contributed by atoms with van der Waals surface area (Å²) < 4.78 is 14.6. The molecule has 0 unspecified atom stereocenters. The number of rotatable bonds is 6. The molecule has 33 heavy (non-hydrogen) atoms. The molecule has 0 fully saturated rings. The third-order valence-electron chi connectivity index (χ3n) is 4.99. The predicted octanol–water partition coefficient (Wildman–Crippen LogP) is 3.24. The normalized spacial score (nSPS) is 10.8. The molecule has 4 rings (SSSR count). The van der Waals surface area contributed by atoms with Crippen LogP contribution < -0.4 is 10.9 Å². The minimum Gasteiger partial charge on any atom is -0.508 e. The predicted molar refractivity (Wildman–Crippen MR) is 119 cm³/mol. The second-order valence-corrected chi connectivity index (χ2v) is 7.43. The molecule has 0 aliphatic carbocycles. The summed E-state index contributed by atoms with van der Waals surface area (Å²) in [7, 11) is 0. The van der Waals surface area contributed by atoms with Gasteiger partial charge in [0.05, 0.1) is 28.6 Å². The van der Waals surface area contributed by atoms with Crippen molar-refractivity contribution in [3.05, 3.63) is 99.3 Å². The Labute approximate surface area is 186 Å². The van der Waals surface area contributed by atoms with Gasteiger partial charge in [-0.1, -0.05) is 24.3 Å². The number of anilines is 1. The number of halogens is 1. The molecule has 166 valence electrons. The van der Waals surface area contributed by atoms with Gasteiger partial charge in [-0.25, -0.2) is 14.2 Å². The van der Waals surface area contributed by atoms with Crippen molar-refractivity contribution in [2.24, 2.45) is 0 Å². The lowest BCUT2D eigenvalue weighted by molar-refractivity contribution is -0.115. The van der Waals surface area contributed by atoms with E-state index in [1.807, 2.05) is 0 Å². The van der Waals surface area contributed by atoms with E-state index >= 15 is 0 Å². The third-order valence-corrected chi connectivity index (χ3v) is 4.99. The highest BCUT2D eigenvalue weighted by molar-refractivity contribution is 5.95. The van der Waals surface area contributed by atoms with E-state index in [2.05, 4.69) is 15.3 Å². The van der Waals surface area contributed by atoms with Crippen molar-refractivity contribution in [3.63, 3.8) is 0 Å². The molecule has 0 bridgehead atoms. The van der Waals surface area contributed by atoms with Gasteiger partial charge in [-0.15, -0.1) is 0 Å². The number of aromatic hydroxyl groups is 1. The number of aromatic amines is 1. The highest BCUT2D eigenvalue weighted by Crippen LogP contribution is 2.21. The minimum absolute atomic E-state index is 0.0357. The van der Waals surface area contributed by atoms with E-state index < -0.39 is 23.3 Å². The number of fused-ring (bicyclic) bond motifs is 1. The Morgan fingerprint density at radius 2 is 1.67 bits per heavy atom. The fourth-order valence-electron chi connectivity index (χ4n) is 3.34. The van der Waals surface area contributed by atoms with Gasteiger partial charge in [0.1, 0.15) is 17.4 Å². The van der Waals surface area contributed by atoms with Crippen LogP contribution in [-0.2, 0) is 17.6 Å². The number of carbonyl (C=O) groups excluding carboxylic acids is 1. The summed E-state index contributed by atoms with van der Waals surface area (Å²) in [5.74, 6) is -1.90. The summed E-state index contributed by atoms with van der Waals surface area (Å²) in [6.07, 6.45) is 0.184. The number of H-pyrrole nitrogens is 1. The van der Waals surface area contributed by atoms with Crippen molar-refractivity contribution < 1.29 is 24.2 Å². The Hall–Kier alpha value is -4.53. The maximum absolute atomic E-state index is 14.6. The maximum atomic E-state index is 14.6. The van der Waals surface area contributed by atoms with Gasteiger partial charge in [0.15, 0.2) is 0 Å². The van der Waals surface area contributed by atoms with Crippen molar-refractivity contribution in [3.8, 4) is 5.75 Å². The topological polar surface area (TPSA) is 132 Å². The second-order valence-electron chi connectivity index (χ2n) is 7.43. The summed E-state index contributed by atoms with van der Waals surface area (Å²) in [5.41, 5.74) is 0.987. The molecule has 8 nitrogen and oxygen atoms in total. The fourth-order valence-corrected chi connectivity index (χ4v) is 3.34. The van der Waals surface area contributed by atoms with Crippen LogP contribution in [0.1, 0.15) is 27.3 Å². The number of benzene rings is 3. The van der Waals surface area contributed by atoms with Crippen molar-refractivity contribution in [1.82, 2.24) is 9.97 Å². The monoisotopic (exact) mass is 447 g/mol. The number of nitrogens with zero attached hydrogens (tertiary/aromatic N) is 1. The van der Waals surface area contributed by atoms with Gasteiger partial charge in [-0.2, -0.15) is 0 Å². The van der Waals surface area contributed by atoms with Crippen molar-refractivity contribution in [2.75, 3.05) is 5.32 Å². The van der Waals surface area contributed by atoms with E-state index in [1.165, 1.54) is 30.3 Å². The number of hydrogen-bond acceptors (Lipinski definition) is 5. The molecule has 0 saturated heterocycles. The average molecular weight is 447 g/mol. The number of nitrogens with one attached hydrogen (secondary N) is 2. The molecule has 3 aromatic carbocycles. The smallest absolute Gasteiger partial charge is 0.335 e. The second kappa shape index (κ2) is 8.91. The molecule has 0 aliphatic rings. The molecule has 0 radical (unpaired) electrons. The van der Waals surface area contributed by atoms with Crippen LogP contribution in [0.2, 0.25) is 0 Å². The third kappa shape index (κ3) is 5.04. The first-order valence-electron chi connectivity index (χ1n) is 9.91. The van der Waals surface area contributed by atoms with Crippen LogP contribution in [0.3, 0.4) is 0 Å². The average Bonchev–Trinajstić information content (AvgIpc) is 2.77. The first kappa shape index (κ1) is 21.7. The van der Waals surface area contributed by atoms with E-state index in [0.29, 0.717) is 11.4 Å². The largest absolute Gasteiger partial charge is 0.508 e. The number of carbonyl (C=O) groups is 2. The summed E-state index contributed by atoms with van der Waals surface area (Å²) in [6, 6.07) is 14.5. The van der Waals surface area contributed by atoms with E-state index in [9.17, 15) is 23.9 Å². The van der Waals surface area contributed by atoms with Gasteiger partial charge < -0.3 is 20.5 Å². The summed E-state index contributed by atoms with van der Waals surface area (Å²) >= 11 is 0. The molecule has 1 heterocycles. The number of aromatic nitrogens is 2. The van der Waals surface area contributed by atoms with E-state index in [1.54, 1.807) is 24.3 Å².